The minimum absolute atomic E-state index is 0.294. The highest BCUT2D eigenvalue weighted by atomic mass is 79.9. The molecule has 0 aliphatic carbocycles. The minimum Gasteiger partial charge on any atom is -0.489 e. The highest BCUT2D eigenvalue weighted by molar-refractivity contribution is 9.10. The van der Waals surface area contributed by atoms with Crippen LogP contribution in [0.25, 0.3) is 0 Å². The monoisotopic (exact) mass is 335 g/mol. The zero-order valence-corrected chi connectivity index (χ0v) is 12.1. The normalized spacial score (nSPS) is 9.85. The Labute approximate surface area is 124 Å². The van der Waals surface area contributed by atoms with Crippen molar-refractivity contribution in [2.24, 2.45) is 0 Å². The van der Waals surface area contributed by atoms with Gasteiger partial charge in [-0.2, -0.15) is 5.26 Å². The summed E-state index contributed by atoms with van der Waals surface area (Å²) in [6.07, 6.45) is 0. The molecule has 0 heterocycles. The van der Waals surface area contributed by atoms with E-state index in [0.29, 0.717) is 34.7 Å². The fourth-order valence-electron chi connectivity index (χ4n) is 1.58. The molecule has 0 aliphatic rings. The molecule has 0 bridgehead atoms. The lowest BCUT2D eigenvalue weighted by Crippen LogP contribution is -2.09. The molecule has 0 aliphatic heterocycles. The number of nitrogens with zero attached hydrogens (tertiary/aromatic N) is 1. The first-order valence-corrected chi connectivity index (χ1v) is 6.70. The van der Waals surface area contributed by atoms with E-state index in [0.717, 1.165) is 0 Å². The SMILES string of the molecule is N#Cc1ccccc1OCCOc1ccc(F)cc1Br. The summed E-state index contributed by atoms with van der Waals surface area (Å²) in [5.41, 5.74) is 0.482. The number of hydrogen-bond acceptors (Lipinski definition) is 3. The standard InChI is InChI=1S/C15H11BrFNO2/c16-13-9-12(17)5-6-15(13)20-8-7-19-14-4-2-1-3-11(14)10-18/h1-6,9H,7-8H2. The number of nitriles is 1. The Balaban J connectivity index is 1.86. The van der Waals surface area contributed by atoms with E-state index in [1.54, 1.807) is 30.3 Å². The number of benzene rings is 2. The first-order chi connectivity index (χ1) is 9.70. The highest BCUT2D eigenvalue weighted by Crippen LogP contribution is 2.25. The van der Waals surface area contributed by atoms with Crippen LogP contribution < -0.4 is 9.47 Å². The Morgan fingerprint density at radius 2 is 1.75 bits per heavy atom. The predicted molar refractivity (Wildman–Crippen MR) is 76.2 cm³/mol. The quantitative estimate of drug-likeness (QED) is 0.778. The first-order valence-electron chi connectivity index (χ1n) is 5.90. The molecule has 0 N–H and O–H groups in total. The third-order valence-corrected chi connectivity index (χ3v) is 3.12. The lowest BCUT2D eigenvalue weighted by Gasteiger charge is -2.10. The summed E-state index contributed by atoms with van der Waals surface area (Å²) in [6.45, 7) is 0.590. The second-order valence-corrected chi connectivity index (χ2v) is 4.73. The van der Waals surface area contributed by atoms with E-state index in [1.807, 2.05) is 0 Å². The van der Waals surface area contributed by atoms with Crippen LogP contribution in [0.15, 0.2) is 46.9 Å². The summed E-state index contributed by atoms with van der Waals surface area (Å²) in [4.78, 5) is 0. The lowest BCUT2D eigenvalue weighted by molar-refractivity contribution is 0.216. The topological polar surface area (TPSA) is 42.2 Å². The van der Waals surface area contributed by atoms with E-state index in [9.17, 15) is 4.39 Å². The maximum Gasteiger partial charge on any atom is 0.137 e. The van der Waals surface area contributed by atoms with Crippen molar-refractivity contribution in [2.45, 2.75) is 0 Å². The fraction of sp³-hybridized carbons (Fsp3) is 0.133. The number of rotatable bonds is 5. The number of hydrogen-bond donors (Lipinski definition) is 0. The van der Waals surface area contributed by atoms with E-state index < -0.39 is 0 Å². The smallest absolute Gasteiger partial charge is 0.137 e. The van der Waals surface area contributed by atoms with Crippen molar-refractivity contribution in [3.05, 3.63) is 58.3 Å². The first kappa shape index (κ1) is 14.4. The molecule has 2 aromatic rings. The third-order valence-electron chi connectivity index (χ3n) is 2.50. The molecule has 0 aromatic heterocycles. The Bertz CT molecular complexity index is 640. The molecule has 20 heavy (non-hydrogen) atoms. The van der Waals surface area contributed by atoms with Gasteiger partial charge in [-0.05, 0) is 46.3 Å². The Kier molecular flexibility index (Phi) is 4.97. The van der Waals surface area contributed by atoms with Gasteiger partial charge in [0.2, 0.25) is 0 Å². The van der Waals surface area contributed by atoms with Gasteiger partial charge >= 0.3 is 0 Å². The molecule has 0 fully saturated rings. The highest BCUT2D eigenvalue weighted by Gasteiger charge is 2.04. The molecule has 5 heteroatoms. The van der Waals surface area contributed by atoms with Crippen LogP contribution in [0.5, 0.6) is 11.5 Å². The van der Waals surface area contributed by atoms with Crippen LogP contribution in [0.1, 0.15) is 5.56 Å². The van der Waals surface area contributed by atoms with Crippen molar-refractivity contribution in [3.8, 4) is 17.6 Å². The Hall–Kier alpha value is -2.06. The zero-order valence-electron chi connectivity index (χ0n) is 10.5. The molecule has 0 amide bonds. The summed E-state index contributed by atoms with van der Waals surface area (Å²) < 4.78 is 24.4. The van der Waals surface area contributed by atoms with Crippen LogP contribution in [-0.4, -0.2) is 13.2 Å². The molecule has 0 saturated carbocycles. The van der Waals surface area contributed by atoms with Crippen LogP contribution in [0, 0.1) is 17.1 Å². The van der Waals surface area contributed by atoms with Gasteiger partial charge in [-0.1, -0.05) is 12.1 Å². The number of ether oxygens (including phenoxy) is 2. The summed E-state index contributed by atoms with van der Waals surface area (Å²) in [5.74, 6) is 0.740. The van der Waals surface area contributed by atoms with Gasteiger partial charge in [-0.15, -0.1) is 0 Å². The Morgan fingerprint density at radius 1 is 1.05 bits per heavy atom. The summed E-state index contributed by atoms with van der Waals surface area (Å²) >= 11 is 3.22. The van der Waals surface area contributed by atoms with Crippen molar-refractivity contribution in [1.82, 2.24) is 0 Å². The van der Waals surface area contributed by atoms with Gasteiger partial charge in [-0.3, -0.25) is 0 Å². The molecule has 0 saturated heterocycles. The molecule has 102 valence electrons. The van der Waals surface area contributed by atoms with Crippen molar-refractivity contribution >= 4 is 15.9 Å². The van der Waals surface area contributed by atoms with E-state index in [1.165, 1.54) is 12.1 Å². The van der Waals surface area contributed by atoms with E-state index in [2.05, 4.69) is 22.0 Å². The van der Waals surface area contributed by atoms with Crippen molar-refractivity contribution in [2.75, 3.05) is 13.2 Å². The average Bonchev–Trinajstić information content (AvgIpc) is 2.46. The zero-order chi connectivity index (χ0) is 14.4. The maximum atomic E-state index is 12.9. The van der Waals surface area contributed by atoms with Crippen LogP contribution in [-0.2, 0) is 0 Å². The molecule has 0 unspecified atom stereocenters. The largest absolute Gasteiger partial charge is 0.489 e. The fourth-order valence-corrected chi connectivity index (χ4v) is 2.05. The van der Waals surface area contributed by atoms with Crippen molar-refractivity contribution in [1.29, 1.82) is 5.26 Å². The molecule has 0 atom stereocenters. The summed E-state index contributed by atoms with van der Waals surface area (Å²) in [5, 5.41) is 8.91. The van der Waals surface area contributed by atoms with Gasteiger partial charge in [0.15, 0.2) is 0 Å². The van der Waals surface area contributed by atoms with E-state index >= 15 is 0 Å². The molecular weight excluding hydrogens is 325 g/mol. The lowest BCUT2D eigenvalue weighted by atomic mass is 10.2. The molecule has 2 rings (SSSR count). The average molecular weight is 336 g/mol. The number of halogens is 2. The molecule has 0 radical (unpaired) electrons. The molecule has 0 spiro atoms. The number of para-hydroxylation sites is 1. The van der Waals surface area contributed by atoms with E-state index in [4.69, 9.17) is 14.7 Å². The summed E-state index contributed by atoms with van der Waals surface area (Å²) in [6, 6.07) is 13.2. The summed E-state index contributed by atoms with van der Waals surface area (Å²) in [7, 11) is 0. The van der Waals surface area contributed by atoms with Crippen molar-refractivity contribution < 1.29 is 13.9 Å². The minimum atomic E-state index is -0.330. The predicted octanol–water partition coefficient (Wildman–Crippen LogP) is 3.92. The van der Waals surface area contributed by atoms with Crippen LogP contribution in [0.3, 0.4) is 0 Å². The van der Waals surface area contributed by atoms with Gasteiger partial charge in [0.05, 0.1) is 10.0 Å². The Morgan fingerprint density at radius 3 is 2.45 bits per heavy atom. The van der Waals surface area contributed by atoms with Gasteiger partial charge in [-0.25, -0.2) is 4.39 Å². The van der Waals surface area contributed by atoms with Gasteiger partial charge in [0, 0.05) is 0 Å². The van der Waals surface area contributed by atoms with Gasteiger partial charge in [0.1, 0.15) is 36.6 Å². The molecule has 3 nitrogen and oxygen atoms in total. The second-order valence-electron chi connectivity index (χ2n) is 3.88. The second kappa shape index (κ2) is 6.92. The van der Waals surface area contributed by atoms with E-state index in [-0.39, 0.29) is 5.82 Å². The maximum absolute atomic E-state index is 12.9. The molecular formula is C15H11BrFNO2. The van der Waals surface area contributed by atoms with Crippen molar-refractivity contribution in [3.63, 3.8) is 0 Å². The van der Waals surface area contributed by atoms with Gasteiger partial charge < -0.3 is 9.47 Å². The van der Waals surface area contributed by atoms with Crippen LogP contribution >= 0.6 is 15.9 Å². The van der Waals surface area contributed by atoms with Gasteiger partial charge in [0.25, 0.3) is 0 Å². The van der Waals surface area contributed by atoms with Crippen LogP contribution in [0.2, 0.25) is 0 Å². The molecule has 2 aromatic carbocycles. The van der Waals surface area contributed by atoms with Crippen LogP contribution in [0.4, 0.5) is 4.39 Å². The third kappa shape index (κ3) is 3.72.